The lowest BCUT2D eigenvalue weighted by Crippen LogP contribution is -2.00. The van der Waals surface area contributed by atoms with Crippen LogP contribution in [0.3, 0.4) is 0 Å². The van der Waals surface area contributed by atoms with E-state index < -0.39 is 0 Å². The number of fused-ring (bicyclic) bond motifs is 1. The molecule has 0 spiro atoms. The van der Waals surface area contributed by atoms with Crippen molar-refractivity contribution in [3.63, 3.8) is 0 Å². The molecule has 0 atom stereocenters. The molecule has 0 radical (unpaired) electrons. The number of thiazole rings is 1. The van der Waals surface area contributed by atoms with E-state index in [1.807, 2.05) is 23.7 Å². The first-order valence-electron chi connectivity index (χ1n) is 4.95. The molecule has 0 aliphatic heterocycles. The standard InChI is InChI=1S/C10H8BrN5S/c11-7-1-2-8-14-10(15-16(8)6-7)13-5-9-12-3-4-17-9/h1-4,6H,5H2,(H,13,15). The van der Waals surface area contributed by atoms with E-state index in [9.17, 15) is 0 Å². The Morgan fingerprint density at radius 1 is 1.41 bits per heavy atom. The SMILES string of the molecule is Brc1ccc2nc(NCc3nccs3)nn2c1. The van der Waals surface area contributed by atoms with Gasteiger partial charge in [0.2, 0.25) is 5.95 Å². The normalized spacial score (nSPS) is 10.9. The average molecular weight is 310 g/mol. The molecule has 0 bridgehead atoms. The zero-order valence-electron chi connectivity index (χ0n) is 8.67. The topological polar surface area (TPSA) is 55.1 Å². The zero-order valence-corrected chi connectivity index (χ0v) is 11.1. The predicted octanol–water partition coefficient (Wildman–Crippen LogP) is 2.56. The van der Waals surface area contributed by atoms with Crippen molar-refractivity contribution in [2.75, 3.05) is 5.32 Å². The van der Waals surface area contributed by atoms with Crippen LogP contribution in [0, 0.1) is 0 Å². The van der Waals surface area contributed by atoms with Crippen LogP contribution in [0.2, 0.25) is 0 Å². The molecule has 0 aliphatic rings. The summed E-state index contributed by atoms with van der Waals surface area (Å²) in [5.41, 5.74) is 0.815. The number of nitrogens with zero attached hydrogens (tertiary/aromatic N) is 4. The summed E-state index contributed by atoms with van der Waals surface area (Å²) in [6.45, 7) is 0.649. The molecule has 3 rings (SSSR count). The van der Waals surface area contributed by atoms with Crippen molar-refractivity contribution in [2.45, 2.75) is 6.54 Å². The van der Waals surface area contributed by atoms with E-state index in [-0.39, 0.29) is 0 Å². The van der Waals surface area contributed by atoms with Crippen LogP contribution in [0.5, 0.6) is 0 Å². The molecule has 0 amide bonds. The highest BCUT2D eigenvalue weighted by atomic mass is 79.9. The molecular weight excluding hydrogens is 302 g/mol. The second kappa shape index (κ2) is 4.42. The fourth-order valence-electron chi connectivity index (χ4n) is 1.43. The van der Waals surface area contributed by atoms with Crippen LogP contribution < -0.4 is 5.32 Å². The van der Waals surface area contributed by atoms with Crippen LogP contribution in [0.15, 0.2) is 34.4 Å². The minimum Gasteiger partial charge on any atom is -0.346 e. The summed E-state index contributed by atoms with van der Waals surface area (Å²) in [4.78, 5) is 8.54. The van der Waals surface area contributed by atoms with Gasteiger partial charge in [-0.3, -0.25) is 0 Å². The first-order valence-corrected chi connectivity index (χ1v) is 6.63. The molecule has 0 aromatic carbocycles. The maximum Gasteiger partial charge on any atom is 0.243 e. The Balaban J connectivity index is 1.81. The van der Waals surface area contributed by atoms with Crippen LogP contribution in [-0.4, -0.2) is 19.6 Å². The molecule has 3 heterocycles. The smallest absolute Gasteiger partial charge is 0.243 e. The summed E-state index contributed by atoms with van der Waals surface area (Å²) in [6, 6.07) is 3.85. The van der Waals surface area contributed by atoms with Gasteiger partial charge in [0.1, 0.15) is 5.01 Å². The van der Waals surface area contributed by atoms with Crippen molar-refractivity contribution < 1.29 is 0 Å². The Kier molecular flexibility index (Phi) is 2.77. The van der Waals surface area contributed by atoms with Crippen LogP contribution >= 0.6 is 27.3 Å². The van der Waals surface area contributed by atoms with Gasteiger partial charge in [0, 0.05) is 22.2 Å². The molecule has 5 nitrogen and oxygen atoms in total. The summed E-state index contributed by atoms with van der Waals surface area (Å²) in [5, 5.41) is 10.4. The number of aromatic nitrogens is 4. The van der Waals surface area contributed by atoms with E-state index >= 15 is 0 Å². The number of nitrogens with one attached hydrogen (secondary N) is 1. The number of pyridine rings is 1. The highest BCUT2D eigenvalue weighted by Crippen LogP contribution is 2.13. The van der Waals surface area contributed by atoms with Crippen molar-refractivity contribution in [2.24, 2.45) is 0 Å². The maximum absolute atomic E-state index is 4.35. The Bertz CT molecular complexity index is 633. The van der Waals surface area contributed by atoms with E-state index in [1.165, 1.54) is 0 Å². The van der Waals surface area contributed by atoms with E-state index in [0.29, 0.717) is 12.5 Å². The lowest BCUT2D eigenvalue weighted by Gasteiger charge is -1.95. The van der Waals surface area contributed by atoms with Crippen LogP contribution in [0.4, 0.5) is 5.95 Å². The lowest BCUT2D eigenvalue weighted by molar-refractivity contribution is 0.944. The van der Waals surface area contributed by atoms with Gasteiger partial charge in [0.25, 0.3) is 0 Å². The second-order valence-corrected chi connectivity index (χ2v) is 5.26. The van der Waals surface area contributed by atoms with Gasteiger partial charge in [-0.05, 0) is 28.1 Å². The van der Waals surface area contributed by atoms with Crippen molar-refractivity contribution in [1.29, 1.82) is 0 Å². The molecule has 0 saturated heterocycles. The molecule has 0 unspecified atom stereocenters. The predicted molar refractivity (Wildman–Crippen MR) is 70.1 cm³/mol. The Morgan fingerprint density at radius 3 is 3.18 bits per heavy atom. The fourth-order valence-corrected chi connectivity index (χ4v) is 2.31. The molecule has 0 saturated carbocycles. The molecule has 0 fully saturated rings. The first kappa shape index (κ1) is 10.7. The van der Waals surface area contributed by atoms with Crippen LogP contribution in [-0.2, 0) is 6.54 Å². The Morgan fingerprint density at radius 2 is 2.35 bits per heavy atom. The highest BCUT2D eigenvalue weighted by Gasteiger charge is 2.03. The van der Waals surface area contributed by atoms with Gasteiger partial charge in [0.05, 0.1) is 6.54 Å². The number of halogens is 1. The molecule has 3 aromatic heterocycles. The van der Waals surface area contributed by atoms with Crippen molar-refractivity contribution >= 4 is 38.9 Å². The van der Waals surface area contributed by atoms with Gasteiger partial charge in [-0.15, -0.1) is 16.4 Å². The maximum atomic E-state index is 4.35. The quantitative estimate of drug-likeness (QED) is 0.808. The summed E-state index contributed by atoms with van der Waals surface area (Å²) >= 11 is 5.00. The Labute approximate surface area is 110 Å². The van der Waals surface area contributed by atoms with E-state index in [2.05, 4.69) is 36.3 Å². The lowest BCUT2D eigenvalue weighted by atomic mass is 10.5. The molecule has 3 aromatic rings. The van der Waals surface area contributed by atoms with Gasteiger partial charge < -0.3 is 5.32 Å². The third kappa shape index (κ3) is 2.29. The molecule has 0 aliphatic carbocycles. The van der Waals surface area contributed by atoms with Gasteiger partial charge in [-0.1, -0.05) is 0 Å². The van der Waals surface area contributed by atoms with Gasteiger partial charge in [-0.2, -0.15) is 4.98 Å². The van der Waals surface area contributed by atoms with Crippen LogP contribution in [0.25, 0.3) is 5.65 Å². The largest absolute Gasteiger partial charge is 0.346 e. The first-order chi connectivity index (χ1) is 8.31. The number of hydrogen-bond acceptors (Lipinski definition) is 5. The summed E-state index contributed by atoms with van der Waals surface area (Å²) in [5.74, 6) is 0.610. The number of hydrogen-bond donors (Lipinski definition) is 1. The Hall–Kier alpha value is -1.47. The van der Waals surface area contributed by atoms with Crippen molar-refractivity contribution in [3.05, 3.63) is 39.4 Å². The molecule has 1 N–H and O–H groups in total. The molecule has 7 heteroatoms. The van der Waals surface area contributed by atoms with E-state index in [1.54, 1.807) is 22.0 Å². The highest BCUT2D eigenvalue weighted by molar-refractivity contribution is 9.10. The second-order valence-electron chi connectivity index (χ2n) is 3.36. The average Bonchev–Trinajstić information content (AvgIpc) is 2.94. The van der Waals surface area contributed by atoms with E-state index in [0.717, 1.165) is 15.1 Å². The molecule has 17 heavy (non-hydrogen) atoms. The molecular formula is C10H8BrN5S. The molecule has 86 valence electrons. The summed E-state index contributed by atoms with van der Waals surface area (Å²) in [6.07, 6.45) is 3.66. The third-order valence-electron chi connectivity index (χ3n) is 2.18. The van der Waals surface area contributed by atoms with Gasteiger partial charge in [0.15, 0.2) is 5.65 Å². The summed E-state index contributed by atoms with van der Waals surface area (Å²) in [7, 11) is 0. The minimum absolute atomic E-state index is 0.610. The minimum atomic E-state index is 0.610. The summed E-state index contributed by atoms with van der Waals surface area (Å²) < 4.78 is 2.70. The van der Waals surface area contributed by atoms with Crippen molar-refractivity contribution in [3.8, 4) is 0 Å². The zero-order chi connectivity index (χ0) is 11.7. The number of anilines is 1. The number of rotatable bonds is 3. The van der Waals surface area contributed by atoms with Crippen molar-refractivity contribution in [1.82, 2.24) is 19.6 Å². The van der Waals surface area contributed by atoms with Gasteiger partial charge >= 0.3 is 0 Å². The van der Waals surface area contributed by atoms with E-state index in [4.69, 9.17) is 0 Å². The van der Waals surface area contributed by atoms with Crippen LogP contribution in [0.1, 0.15) is 5.01 Å². The monoisotopic (exact) mass is 309 g/mol. The fraction of sp³-hybridized carbons (Fsp3) is 0.100. The van der Waals surface area contributed by atoms with Gasteiger partial charge in [-0.25, -0.2) is 9.50 Å². The third-order valence-corrected chi connectivity index (χ3v) is 3.42.